The summed E-state index contributed by atoms with van der Waals surface area (Å²) in [6, 6.07) is 27.1. The van der Waals surface area contributed by atoms with Crippen molar-refractivity contribution in [2.45, 2.75) is 19.4 Å². The SMILES string of the molecule is O=C(Cc1ccccc1)Nc1ccccc1N1CCCN(Cc2ccccc2)C1=O. The van der Waals surface area contributed by atoms with Crippen molar-refractivity contribution in [3.63, 3.8) is 0 Å². The summed E-state index contributed by atoms with van der Waals surface area (Å²) in [7, 11) is 0. The van der Waals surface area contributed by atoms with Crippen molar-refractivity contribution in [2.24, 2.45) is 0 Å². The lowest BCUT2D eigenvalue weighted by Crippen LogP contribution is -2.49. The van der Waals surface area contributed by atoms with Crippen molar-refractivity contribution in [3.05, 3.63) is 96.1 Å². The minimum Gasteiger partial charge on any atom is -0.324 e. The molecule has 0 spiro atoms. The molecule has 30 heavy (non-hydrogen) atoms. The topological polar surface area (TPSA) is 52.7 Å². The normalized spacial score (nSPS) is 13.9. The van der Waals surface area contributed by atoms with E-state index in [1.807, 2.05) is 89.8 Å². The van der Waals surface area contributed by atoms with Gasteiger partial charge in [-0.1, -0.05) is 72.8 Å². The van der Waals surface area contributed by atoms with Gasteiger partial charge in [0, 0.05) is 19.6 Å². The van der Waals surface area contributed by atoms with Crippen LogP contribution in [0.25, 0.3) is 0 Å². The Balaban J connectivity index is 1.49. The second kappa shape index (κ2) is 9.27. The summed E-state index contributed by atoms with van der Waals surface area (Å²) < 4.78 is 0. The number of rotatable bonds is 6. The third-order valence-electron chi connectivity index (χ3n) is 5.20. The van der Waals surface area contributed by atoms with Gasteiger partial charge in [0.2, 0.25) is 5.91 Å². The molecule has 5 heteroatoms. The van der Waals surface area contributed by atoms with Crippen molar-refractivity contribution < 1.29 is 9.59 Å². The molecule has 0 aromatic heterocycles. The van der Waals surface area contributed by atoms with E-state index in [4.69, 9.17) is 0 Å². The van der Waals surface area contributed by atoms with Crippen LogP contribution in [0.15, 0.2) is 84.9 Å². The van der Waals surface area contributed by atoms with Crippen molar-refractivity contribution >= 4 is 23.3 Å². The van der Waals surface area contributed by atoms with Gasteiger partial charge in [-0.15, -0.1) is 0 Å². The first-order valence-corrected chi connectivity index (χ1v) is 10.2. The maximum Gasteiger partial charge on any atom is 0.324 e. The van der Waals surface area contributed by atoms with Gasteiger partial charge in [0.05, 0.1) is 17.8 Å². The Hall–Kier alpha value is -3.60. The summed E-state index contributed by atoms with van der Waals surface area (Å²) in [6.07, 6.45) is 1.17. The highest BCUT2D eigenvalue weighted by atomic mass is 16.2. The molecule has 152 valence electrons. The van der Waals surface area contributed by atoms with Crippen LogP contribution < -0.4 is 10.2 Å². The highest BCUT2D eigenvalue weighted by Crippen LogP contribution is 2.29. The standard InChI is InChI=1S/C25H25N3O2/c29-24(18-20-10-3-1-4-11-20)26-22-14-7-8-15-23(22)28-17-9-16-27(25(28)30)19-21-12-5-2-6-13-21/h1-8,10-15H,9,16-19H2,(H,26,29). The lowest BCUT2D eigenvalue weighted by Gasteiger charge is -2.36. The molecule has 1 fully saturated rings. The van der Waals surface area contributed by atoms with Crippen LogP contribution in [0.2, 0.25) is 0 Å². The molecule has 1 saturated heterocycles. The number of anilines is 2. The van der Waals surface area contributed by atoms with Gasteiger partial charge in [0.15, 0.2) is 0 Å². The predicted molar refractivity (Wildman–Crippen MR) is 119 cm³/mol. The molecule has 4 rings (SSSR count). The number of benzene rings is 3. The molecule has 0 radical (unpaired) electrons. The highest BCUT2D eigenvalue weighted by molar-refractivity contribution is 6.01. The molecular weight excluding hydrogens is 374 g/mol. The number of hydrogen-bond acceptors (Lipinski definition) is 2. The van der Waals surface area contributed by atoms with Gasteiger partial charge < -0.3 is 10.2 Å². The van der Waals surface area contributed by atoms with E-state index in [1.54, 1.807) is 4.90 Å². The molecule has 1 aliphatic rings. The average Bonchev–Trinajstić information content (AvgIpc) is 2.77. The van der Waals surface area contributed by atoms with Crippen LogP contribution in [0.5, 0.6) is 0 Å². The molecule has 0 saturated carbocycles. The van der Waals surface area contributed by atoms with Gasteiger partial charge >= 0.3 is 6.03 Å². The Kier molecular flexibility index (Phi) is 6.09. The van der Waals surface area contributed by atoms with Crippen molar-refractivity contribution in [1.82, 2.24) is 4.90 Å². The monoisotopic (exact) mass is 399 g/mol. The van der Waals surface area contributed by atoms with Crippen LogP contribution in [0.3, 0.4) is 0 Å². The average molecular weight is 399 g/mol. The smallest absolute Gasteiger partial charge is 0.324 e. The zero-order valence-corrected chi connectivity index (χ0v) is 16.8. The third kappa shape index (κ3) is 4.69. The fourth-order valence-electron chi connectivity index (χ4n) is 3.75. The molecule has 5 nitrogen and oxygen atoms in total. The molecule has 3 aromatic carbocycles. The largest absolute Gasteiger partial charge is 0.324 e. The molecular formula is C25H25N3O2. The van der Waals surface area contributed by atoms with Crippen LogP contribution in [0.4, 0.5) is 16.2 Å². The van der Waals surface area contributed by atoms with Crippen LogP contribution in [0.1, 0.15) is 17.5 Å². The van der Waals surface area contributed by atoms with E-state index < -0.39 is 0 Å². The van der Waals surface area contributed by atoms with E-state index in [0.717, 1.165) is 29.8 Å². The second-order valence-electron chi connectivity index (χ2n) is 7.42. The fraction of sp³-hybridized carbons (Fsp3) is 0.200. The van der Waals surface area contributed by atoms with Gasteiger partial charge in [-0.3, -0.25) is 9.69 Å². The van der Waals surface area contributed by atoms with Crippen LogP contribution >= 0.6 is 0 Å². The van der Waals surface area contributed by atoms with Gasteiger partial charge in [-0.25, -0.2) is 4.79 Å². The fourth-order valence-corrected chi connectivity index (χ4v) is 3.75. The Morgan fingerprint density at radius 1 is 0.800 bits per heavy atom. The molecule has 1 N–H and O–H groups in total. The van der Waals surface area contributed by atoms with Crippen molar-refractivity contribution in [3.8, 4) is 0 Å². The minimum atomic E-state index is -0.0979. The Morgan fingerprint density at radius 3 is 2.17 bits per heavy atom. The van der Waals surface area contributed by atoms with E-state index in [9.17, 15) is 9.59 Å². The molecule has 0 atom stereocenters. The predicted octanol–water partition coefficient (Wildman–Crippen LogP) is 4.70. The van der Waals surface area contributed by atoms with Crippen LogP contribution in [-0.2, 0) is 17.8 Å². The maximum absolute atomic E-state index is 13.2. The first kappa shape index (κ1) is 19.7. The van der Waals surface area contributed by atoms with Gasteiger partial charge in [0.25, 0.3) is 0 Å². The van der Waals surface area contributed by atoms with Gasteiger partial charge in [-0.05, 0) is 29.7 Å². The molecule has 0 unspecified atom stereocenters. The quantitative estimate of drug-likeness (QED) is 0.653. The Labute approximate surface area is 176 Å². The number of urea groups is 1. The summed E-state index contributed by atoms with van der Waals surface area (Å²) in [4.78, 5) is 29.4. The van der Waals surface area contributed by atoms with E-state index >= 15 is 0 Å². The van der Waals surface area contributed by atoms with Crippen LogP contribution in [0, 0.1) is 0 Å². The minimum absolute atomic E-state index is 0.0325. The zero-order chi connectivity index (χ0) is 20.8. The lowest BCUT2D eigenvalue weighted by atomic mass is 10.1. The Morgan fingerprint density at radius 2 is 1.43 bits per heavy atom. The van der Waals surface area contributed by atoms with Crippen LogP contribution in [-0.4, -0.2) is 29.9 Å². The van der Waals surface area contributed by atoms with E-state index in [0.29, 0.717) is 25.2 Å². The molecule has 1 heterocycles. The highest BCUT2D eigenvalue weighted by Gasteiger charge is 2.28. The zero-order valence-electron chi connectivity index (χ0n) is 16.8. The summed E-state index contributed by atoms with van der Waals surface area (Å²) in [5, 5.41) is 2.99. The maximum atomic E-state index is 13.2. The molecule has 0 bridgehead atoms. The molecule has 1 aliphatic heterocycles. The summed E-state index contributed by atoms with van der Waals surface area (Å²) in [5.41, 5.74) is 3.46. The number of para-hydroxylation sites is 2. The molecule has 3 amide bonds. The summed E-state index contributed by atoms with van der Waals surface area (Å²) in [5.74, 6) is -0.0979. The van der Waals surface area contributed by atoms with Crippen molar-refractivity contribution in [1.29, 1.82) is 0 Å². The lowest BCUT2D eigenvalue weighted by molar-refractivity contribution is -0.115. The molecule has 3 aromatic rings. The van der Waals surface area contributed by atoms with E-state index in [-0.39, 0.29) is 11.9 Å². The van der Waals surface area contributed by atoms with Gasteiger partial charge in [0.1, 0.15) is 0 Å². The number of carbonyl (C=O) groups excluding carboxylic acids is 2. The number of nitrogens with one attached hydrogen (secondary N) is 1. The number of hydrogen-bond donors (Lipinski definition) is 1. The van der Waals surface area contributed by atoms with E-state index in [2.05, 4.69) is 5.32 Å². The summed E-state index contributed by atoms with van der Waals surface area (Å²) in [6.45, 7) is 1.95. The third-order valence-corrected chi connectivity index (χ3v) is 5.20. The van der Waals surface area contributed by atoms with Crippen molar-refractivity contribution in [2.75, 3.05) is 23.3 Å². The second-order valence-corrected chi connectivity index (χ2v) is 7.42. The summed E-state index contributed by atoms with van der Waals surface area (Å²) >= 11 is 0. The number of nitrogens with zero attached hydrogens (tertiary/aromatic N) is 2. The van der Waals surface area contributed by atoms with Gasteiger partial charge in [-0.2, -0.15) is 0 Å². The first-order valence-electron chi connectivity index (χ1n) is 10.2. The first-order chi connectivity index (χ1) is 14.7. The number of carbonyl (C=O) groups is 2. The van der Waals surface area contributed by atoms with E-state index in [1.165, 1.54) is 0 Å². The molecule has 0 aliphatic carbocycles. The Bertz CT molecular complexity index is 1010. The number of amides is 3.